The van der Waals surface area contributed by atoms with Crippen LogP contribution in [0.4, 0.5) is 5.69 Å². The maximum absolute atomic E-state index is 12.6. The van der Waals surface area contributed by atoms with Gasteiger partial charge in [0.15, 0.2) is 0 Å². The Morgan fingerprint density at radius 3 is 2.36 bits per heavy atom. The van der Waals surface area contributed by atoms with Crippen molar-refractivity contribution in [3.8, 4) is 0 Å². The van der Waals surface area contributed by atoms with Gasteiger partial charge < -0.3 is 9.90 Å². The van der Waals surface area contributed by atoms with E-state index < -0.39 is 16.0 Å². The average Bonchev–Trinajstić information content (AvgIpc) is 2.79. The fraction of sp³-hybridized carbons (Fsp3) is 0.125. The number of carbonyl (C=O) groups excluding carboxylic acids is 1. The lowest BCUT2D eigenvalue weighted by molar-refractivity contribution is -0.254. The van der Waals surface area contributed by atoms with Gasteiger partial charge in [-0.1, -0.05) is 18.2 Å². The SMILES string of the molecule is Cn1c(=O)n(C)c2cc(S(=O)(=O)Nc3ccccc3C(=O)[O-])ccc21. The number of aromatic carboxylic acids is 1. The molecule has 3 rings (SSSR count). The number of nitrogens with one attached hydrogen (secondary N) is 1. The van der Waals surface area contributed by atoms with Crippen molar-refractivity contribution in [1.82, 2.24) is 9.13 Å². The van der Waals surface area contributed by atoms with Gasteiger partial charge in [0.1, 0.15) is 0 Å². The lowest BCUT2D eigenvalue weighted by Gasteiger charge is -2.13. The second-order valence-electron chi connectivity index (χ2n) is 5.49. The number of benzene rings is 2. The van der Waals surface area contributed by atoms with E-state index >= 15 is 0 Å². The van der Waals surface area contributed by atoms with Crippen LogP contribution < -0.4 is 15.5 Å². The van der Waals surface area contributed by atoms with Gasteiger partial charge in [0.05, 0.1) is 27.6 Å². The van der Waals surface area contributed by atoms with Gasteiger partial charge in [-0.3, -0.25) is 13.9 Å². The number of anilines is 1. The van der Waals surface area contributed by atoms with Crippen molar-refractivity contribution >= 4 is 32.7 Å². The second-order valence-corrected chi connectivity index (χ2v) is 7.17. The number of aryl methyl sites for hydroxylation is 2. The fourth-order valence-electron chi connectivity index (χ4n) is 2.61. The number of rotatable bonds is 4. The van der Waals surface area contributed by atoms with Crippen LogP contribution in [-0.2, 0) is 24.1 Å². The predicted molar refractivity (Wildman–Crippen MR) is 89.7 cm³/mol. The summed E-state index contributed by atoms with van der Waals surface area (Å²) in [5.74, 6) is -1.49. The standard InChI is InChI=1S/C16H15N3O5S/c1-18-13-8-7-10(9-14(13)19(2)16(18)22)25(23,24)17-12-6-4-3-5-11(12)15(20)21/h3-9,17H,1-2H3,(H,20,21)/p-1. The lowest BCUT2D eigenvalue weighted by Crippen LogP contribution is -2.24. The molecule has 25 heavy (non-hydrogen) atoms. The molecule has 0 saturated carbocycles. The third kappa shape index (κ3) is 2.78. The Bertz CT molecular complexity index is 1160. The van der Waals surface area contributed by atoms with Crippen LogP contribution in [0.25, 0.3) is 11.0 Å². The van der Waals surface area contributed by atoms with Gasteiger partial charge in [0.2, 0.25) is 0 Å². The first kappa shape index (κ1) is 16.8. The molecule has 0 bridgehead atoms. The highest BCUT2D eigenvalue weighted by atomic mass is 32.2. The van der Waals surface area contributed by atoms with Crippen LogP contribution in [0.5, 0.6) is 0 Å². The van der Waals surface area contributed by atoms with Gasteiger partial charge in [-0.15, -0.1) is 0 Å². The molecule has 0 radical (unpaired) electrons. The van der Waals surface area contributed by atoms with Crippen molar-refractivity contribution in [3.05, 3.63) is 58.5 Å². The Labute approximate surface area is 143 Å². The zero-order chi connectivity index (χ0) is 18.4. The first-order valence-electron chi connectivity index (χ1n) is 7.21. The van der Waals surface area contributed by atoms with Crippen molar-refractivity contribution < 1.29 is 18.3 Å². The minimum absolute atomic E-state index is 0.0886. The van der Waals surface area contributed by atoms with E-state index in [1.54, 1.807) is 14.1 Å². The number of para-hydroxylation sites is 1. The van der Waals surface area contributed by atoms with E-state index in [0.29, 0.717) is 11.0 Å². The van der Waals surface area contributed by atoms with Gasteiger partial charge in [0, 0.05) is 19.7 Å². The largest absolute Gasteiger partial charge is 0.545 e. The lowest BCUT2D eigenvalue weighted by atomic mass is 10.2. The molecule has 8 nitrogen and oxygen atoms in total. The monoisotopic (exact) mass is 360 g/mol. The van der Waals surface area contributed by atoms with E-state index in [1.807, 2.05) is 0 Å². The van der Waals surface area contributed by atoms with E-state index in [-0.39, 0.29) is 21.8 Å². The summed E-state index contributed by atoms with van der Waals surface area (Å²) in [7, 11) is -0.915. The summed E-state index contributed by atoms with van der Waals surface area (Å²) in [4.78, 5) is 23.0. The summed E-state index contributed by atoms with van der Waals surface area (Å²) in [5, 5.41) is 11.1. The number of carboxylic acid groups (broad SMARTS) is 1. The molecule has 1 heterocycles. The minimum atomic E-state index is -4.05. The highest BCUT2D eigenvalue weighted by Crippen LogP contribution is 2.22. The molecule has 0 spiro atoms. The van der Waals surface area contributed by atoms with Crippen LogP contribution in [-0.4, -0.2) is 23.5 Å². The summed E-state index contributed by atoms with van der Waals surface area (Å²) in [6.45, 7) is 0. The molecule has 0 unspecified atom stereocenters. The van der Waals surface area contributed by atoms with E-state index in [4.69, 9.17) is 0 Å². The molecule has 0 aliphatic carbocycles. The van der Waals surface area contributed by atoms with E-state index in [2.05, 4.69) is 4.72 Å². The van der Waals surface area contributed by atoms with E-state index in [9.17, 15) is 23.1 Å². The van der Waals surface area contributed by atoms with Gasteiger partial charge in [0.25, 0.3) is 10.0 Å². The summed E-state index contributed by atoms with van der Waals surface area (Å²) in [6.07, 6.45) is 0. The fourth-order valence-corrected chi connectivity index (χ4v) is 3.71. The van der Waals surface area contributed by atoms with Crippen LogP contribution in [0.3, 0.4) is 0 Å². The quantitative estimate of drug-likeness (QED) is 0.706. The van der Waals surface area contributed by atoms with Crippen molar-refractivity contribution in [2.75, 3.05) is 4.72 Å². The maximum atomic E-state index is 12.6. The molecule has 2 aromatic carbocycles. The van der Waals surface area contributed by atoms with E-state index in [1.165, 1.54) is 51.6 Å². The summed E-state index contributed by atoms with van der Waals surface area (Å²) >= 11 is 0. The van der Waals surface area contributed by atoms with Crippen LogP contribution in [0.2, 0.25) is 0 Å². The van der Waals surface area contributed by atoms with Crippen molar-refractivity contribution in [2.45, 2.75) is 4.90 Å². The first-order chi connectivity index (χ1) is 11.7. The molecule has 0 saturated heterocycles. The van der Waals surface area contributed by atoms with Gasteiger partial charge in [-0.25, -0.2) is 13.2 Å². The smallest absolute Gasteiger partial charge is 0.328 e. The summed E-state index contributed by atoms with van der Waals surface area (Å²) in [5.41, 5.74) is 0.397. The molecule has 0 aliphatic rings. The molecular weight excluding hydrogens is 346 g/mol. The number of hydrogen-bond acceptors (Lipinski definition) is 5. The van der Waals surface area contributed by atoms with Crippen LogP contribution in [0.15, 0.2) is 52.2 Å². The molecule has 0 amide bonds. The van der Waals surface area contributed by atoms with E-state index in [0.717, 1.165) is 0 Å². The predicted octanol–water partition coefficient (Wildman–Crippen LogP) is 0.0413. The zero-order valence-electron chi connectivity index (χ0n) is 13.4. The molecule has 1 N–H and O–H groups in total. The Balaban J connectivity index is 2.10. The highest BCUT2D eigenvalue weighted by molar-refractivity contribution is 7.92. The molecule has 0 aliphatic heterocycles. The second kappa shape index (κ2) is 5.78. The summed E-state index contributed by atoms with van der Waals surface area (Å²) in [6, 6.07) is 9.79. The van der Waals surface area contributed by atoms with Crippen LogP contribution in [0, 0.1) is 0 Å². The number of fused-ring (bicyclic) bond motifs is 1. The third-order valence-electron chi connectivity index (χ3n) is 3.95. The maximum Gasteiger partial charge on any atom is 0.328 e. The third-order valence-corrected chi connectivity index (χ3v) is 5.31. The number of carbonyl (C=O) groups is 1. The number of nitrogens with zero attached hydrogens (tertiary/aromatic N) is 2. The average molecular weight is 360 g/mol. The molecule has 9 heteroatoms. The minimum Gasteiger partial charge on any atom is -0.545 e. The number of hydrogen-bond donors (Lipinski definition) is 1. The normalized spacial score (nSPS) is 11.6. The number of carboxylic acids is 1. The van der Waals surface area contributed by atoms with Gasteiger partial charge in [-0.05, 0) is 24.3 Å². The highest BCUT2D eigenvalue weighted by Gasteiger charge is 2.18. The van der Waals surface area contributed by atoms with Gasteiger partial charge >= 0.3 is 5.69 Å². The van der Waals surface area contributed by atoms with Crippen LogP contribution in [0.1, 0.15) is 10.4 Å². The van der Waals surface area contributed by atoms with Gasteiger partial charge in [-0.2, -0.15) is 0 Å². The summed E-state index contributed by atoms with van der Waals surface area (Å²) < 4.78 is 30.2. The number of aromatic nitrogens is 2. The Kier molecular flexibility index (Phi) is 3.88. The molecule has 130 valence electrons. The Hall–Kier alpha value is -3.07. The Morgan fingerprint density at radius 1 is 1.04 bits per heavy atom. The molecule has 0 fully saturated rings. The first-order valence-corrected chi connectivity index (χ1v) is 8.69. The molecule has 0 atom stereocenters. The van der Waals surface area contributed by atoms with Crippen molar-refractivity contribution in [1.29, 1.82) is 0 Å². The zero-order valence-corrected chi connectivity index (χ0v) is 14.2. The van der Waals surface area contributed by atoms with Crippen molar-refractivity contribution in [2.24, 2.45) is 14.1 Å². The molecule has 3 aromatic rings. The topological polar surface area (TPSA) is 113 Å². The van der Waals surface area contributed by atoms with Crippen molar-refractivity contribution in [3.63, 3.8) is 0 Å². The number of imidazole rings is 1. The Morgan fingerprint density at radius 2 is 1.68 bits per heavy atom. The molecule has 1 aromatic heterocycles. The van der Waals surface area contributed by atoms with Crippen LogP contribution >= 0.6 is 0 Å². The number of sulfonamides is 1. The molecular formula is C16H14N3O5S-.